The summed E-state index contributed by atoms with van der Waals surface area (Å²) < 4.78 is 37.6. The van der Waals surface area contributed by atoms with Crippen molar-refractivity contribution in [3.8, 4) is 5.88 Å². The second kappa shape index (κ2) is 14.0. The van der Waals surface area contributed by atoms with Crippen LogP contribution in [0.4, 0.5) is 5.95 Å². The van der Waals surface area contributed by atoms with E-state index in [1.54, 1.807) is 6.33 Å². The Hall–Kier alpha value is -1.96. The number of hydrogen-bond donors (Lipinski definition) is 1. The van der Waals surface area contributed by atoms with Gasteiger partial charge in [-0.1, -0.05) is 77.2 Å². The van der Waals surface area contributed by atoms with Crippen LogP contribution in [0, 0.1) is 16.7 Å². The van der Waals surface area contributed by atoms with Gasteiger partial charge in [-0.2, -0.15) is 9.97 Å². The fraction of sp³-hybridized carbons (Fsp3) is 0.654. The molecule has 2 atom stereocenters. The fourth-order valence-electron chi connectivity index (χ4n) is 3.67. The van der Waals surface area contributed by atoms with Gasteiger partial charge in [-0.15, -0.1) is 0 Å². The molecule has 0 spiro atoms. The molecule has 12 nitrogen and oxygen atoms in total. The standard InChI is InChI=1S/C26H40N5O7PS2/c1-25(2,3)22(32)40-12-10-36-39(34,37-11-13-41-23(33)26(4,5)6)38-15-17-8-9-18(14-17)31-16-28-19-20(31)29-24(27)30-21(19)35-7/h8-9,16-18H,10-15H2,1-7H3,(H2,27,29,30)/t17-,18+/m1/s1. The summed E-state index contributed by atoms with van der Waals surface area (Å²) in [5, 5.41) is 0.0161. The molecule has 2 N–H and O–H groups in total. The summed E-state index contributed by atoms with van der Waals surface area (Å²) in [6, 6.07) is -0.0894. The molecule has 0 radical (unpaired) electrons. The lowest BCUT2D eigenvalue weighted by Gasteiger charge is -2.21. The highest BCUT2D eigenvalue weighted by Crippen LogP contribution is 2.50. The molecule has 0 unspecified atom stereocenters. The van der Waals surface area contributed by atoms with E-state index in [2.05, 4.69) is 15.0 Å². The molecule has 1 aliphatic carbocycles. The predicted molar refractivity (Wildman–Crippen MR) is 162 cm³/mol. The van der Waals surface area contributed by atoms with E-state index in [1.807, 2.05) is 58.3 Å². The van der Waals surface area contributed by atoms with Gasteiger partial charge in [0.1, 0.15) is 0 Å². The first-order valence-electron chi connectivity index (χ1n) is 13.2. The highest BCUT2D eigenvalue weighted by molar-refractivity contribution is 8.14. The second-order valence-electron chi connectivity index (χ2n) is 11.5. The summed E-state index contributed by atoms with van der Waals surface area (Å²) in [6.45, 7) is 11.1. The number of carbonyl (C=O) groups is 2. The number of allylic oxidation sites excluding steroid dienone is 1. The van der Waals surface area contributed by atoms with E-state index < -0.39 is 18.7 Å². The molecule has 2 heterocycles. The quantitative estimate of drug-likeness (QED) is 0.173. The molecule has 41 heavy (non-hydrogen) atoms. The first-order valence-corrected chi connectivity index (χ1v) is 16.7. The number of nitrogens with zero attached hydrogens (tertiary/aromatic N) is 4. The monoisotopic (exact) mass is 629 g/mol. The van der Waals surface area contributed by atoms with Gasteiger partial charge in [0.05, 0.1) is 39.3 Å². The van der Waals surface area contributed by atoms with Crippen molar-refractivity contribution in [1.82, 2.24) is 19.5 Å². The van der Waals surface area contributed by atoms with E-state index in [0.717, 1.165) is 23.5 Å². The third-order valence-electron chi connectivity index (χ3n) is 5.91. The number of hydrogen-bond acceptors (Lipinski definition) is 13. The molecule has 228 valence electrons. The van der Waals surface area contributed by atoms with Crippen LogP contribution >= 0.6 is 31.3 Å². The summed E-state index contributed by atoms with van der Waals surface area (Å²) >= 11 is 2.23. The van der Waals surface area contributed by atoms with E-state index in [1.165, 1.54) is 7.11 Å². The first kappa shape index (κ1) is 33.5. The maximum atomic E-state index is 13.5. The number of anilines is 1. The average molecular weight is 630 g/mol. The number of imidazole rings is 1. The Morgan fingerprint density at radius 3 is 2.12 bits per heavy atom. The van der Waals surface area contributed by atoms with Crippen molar-refractivity contribution in [2.24, 2.45) is 16.7 Å². The fourth-order valence-corrected chi connectivity index (χ4v) is 6.72. The molecular formula is C26H40N5O7PS2. The predicted octanol–water partition coefficient (Wildman–Crippen LogP) is 5.30. The molecular weight excluding hydrogens is 589 g/mol. The van der Waals surface area contributed by atoms with Crippen LogP contribution < -0.4 is 10.5 Å². The molecule has 0 aliphatic heterocycles. The van der Waals surface area contributed by atoms with Crippen LogP contribution in [0.2, 0.25) is 0 Å². The zero-order valence-electron chi connectivity index (χ0n) is 24.6. The maximum Gasteiger partial charge on any atom is 0.474 e. The summed E-state index contributed by atoms with van der Waals surface area (Å²) in [4.78, 5) is 37.2. The lowest BCUT2D eigenvalue weighted by Crippen LogP contribution is -2.18. The number of rotatable bonds is 13. The van der Waals surface area contributed by atoms with Crippen molar-refractivity contribution in [2.75, 3.05) is 44.2 Å². The number of ether oxygens (including phenoxy) is 1. The number of nitrogens with two attached hydrogens (primary N) is 1. The molecule has 0 amide bonds. The number of thioether (sulfide) groups is 2. The highest BCUT2D eigenvalue weighted by atomic mass is 32.2. The van der Waals surface area contributed by atoms with Gasteiger partial charge in [-0.3, -0.25) is 23.2 Å². The Morgan fingerprint density at radius 1 is 1.00 bits per heavy atom. The smallest absolute Gasteiger partial charge is 0.474 e. The van der Waals surface area contributed by atoms with E-state index in [9.17, 15) is 14.2 Å². The Kier molecular flexibility index (Phi) is 11.5. The number of fused-ring (bicyclic) bond motifs is 1. The SMILES string of the molecule is COc1nc(N)nc2c1ncn2[C@H]1C=C[C@@H](COP(=O)(OCCSC(=O)C(C)(C)C)OCCSC(=O)C(C)(C)C)C1. The van der Waals surface area contributed by atoms with Crippen molar-refractivity contribution in [2.45, 2.75) is 54.0 Å². The van der Waals surface area contributed by atoms with Gasteiger partial charge in [0.15, 0.2) is 21.4 Å². The summed E-state index contributed by atoms with van der Waals surface area (Å²) in [6.07, 6.45) is 6.25. The van der Waals surface area contributed by atoms with Crippen molar-refractivity contribution >= 4 is 58.7 Å². The minimum atomic E-state index is -3.97. The lowest BCUT2D eigenvalue weighted by atomic mass is 9.99. The van der Waals surface area contributed by atoms with Gasteiger partial charge >= 0.3 is 7.82 Å². The molecule has 0 aromatic carbocycles. The maximum absolute atomic E-state index is 13.5. The van der Waals surface area contributed by atoms with E-state index in [0.29, 0.717) is 35.0 Å². The van der Waals surface area contributed by atoms with Gasteiger partial charge in [0.25, 0.3) is 0 Å². The van der Waals surface area contributed by atoms with E-state index >= 15 is 0 Å². The van der Waals surface area contributed by atoms with Crippen molar-refractivity contribution in [3.05, 3.63) is 18.5 Å². The number of methoxy groups -OCH3 is 1. The van der Waals surface area contributed by atoms with E-state index in [-0.39, 0.29) is 48.0 Å². The van der Waals surface area contributed by atoms with Gasteiger partial charge in [-0.25, -0.2) is 9.55 Å². The van der Waals surface area contributed by atoms with Crippen LogP contribution in [0.3, 0.4) is 0 Å². The zero-order chi connectivity index (χ0) is 30.4. The molecule has 0 saturated heterocycles. The van der Waals surface area contributed by atoms with Gasteiger partial charge in [0, 0.05) is 28.3 Å². The highest BCUT2D eigenvalue weighted by Gasteiger charge is 2.31. The van der Waals surface area contributed by atoms with Gasteiger partial charge in [0.2, 0.25) is 11.8 Å². The van der Waals surface area contributed by atoms with Crippen LogP contribution in [-0.4, -0.2) is 68.2 Å². The number of phosphoric acid groups is 1. The Balaban J connectivity index is 1.60. The largest absolute Gasteiger partial charge is 0.479 e. The van der Waals surface area contributed by atoms with Crippen LogP contribution in [-0.2, 0) is 27.7 Å². The first-order chi connectivity index (χ1) is 19.1. The number of aromatic nitrogens is 4. The van der Waals surface area contributed by atoms with E-state index in [4.69, 9.17) is 24.0 Å². The number of nitrogen functional groups attached to an aromatic ring is 1. The molecule has 2 aromatic rings. The minimum absolute atomic E-state index is 0.00491. The van der Waals surface area contributed by atoms with Crippen LogP contribution in [0.5, 0.6) is 5.88 Å². The topological polar surface area (TPSA) is 158 Å². The number of carbonyl (C=O) groups excluding carboxylic acids is 2. The van der Waals surface area contributed by atoms with Gasteiger partial charge < -0.3 is 15.0 Å². The lowest BCUT2D eigenvalue weighted by molar-refractivity contribution is -0.118. The number of phosphoric ester groups is 1. The zero-order valence-corrected chi connectivity index (χ0v) is 27.1. The average Bonchev–Trinajstić information content (AvgIpc) is 3.53. The van der Waals surface area contributed by atoms with Crippen LogP contribution in [0.15, 0.2) is 18.5 Å². The molecule has 15 heteroatoms. The second-order valence-corrected chi connectivity index (χ2v) is 15.3. The molecule has 1 aliphatic rings. The molecule has 0 fully saturated rings. The third kappa shape index (κ3) is 9.52. The van der Waals surface area contributed by atoms with Crippen LogP contribution in [0.25, 0.3) is 11.2 Å². The summed E-state index contributed by atoms with van der Waals surface area (Å²) in [7, 11) is -2.47. The normalized spacial score (nSPS) is 17.8. The van der Waals surface area contributed by atoms with Crippen molar-refractivity contribution < 1.29 is 32.5 Å². The van der Waals surface area contributed by atoms with Crippen LogP contribution in [0.1, 0.15) is 54.0 Å². The Labute approximate surface area is 249 Å². The Bertz CT molecular complexity index is 1270. The minimum Gasteiger partial charge on any atom is -0.479 e. The van der Waals surface area contributed by atoms with Crippen molar-refractivity contribution in [1.29, 1.82) is 0 Å². The van der Waals surface area contributed by atoms with Crippen molar-refractivity contribution in [3.63, 3.8) is 0 Å². The third-order valence-corrected chi connectivity index (χ3v) is 9.86. The van der Waals surface area contributed by atoms with Gasteiger partial charge in [-0.05, 0) is 6.42 Å². The summed E-state index contributed by atoms with van der Waals surface area (Å²) in [5.41, 5.74) is 5.91. The Morgan fingerprint density at radius 2 is 1.59 bits per heavy atom. The molecule has 3 rings (SSSR count). The summed E-state index contributed by atoms with van der Waals surface area (Å²) in [5.74, 6) is 0.897. The molecule has 0 bridgehead atoms. The molecule has 0 saturated carbocycles. The molecule has 2 aromatic heterocycles.